The molecule has 0 bridgehead atoms. The highest BCUT2D eigenvalue weighted by Gasteiger charge is 2.34. The first-order valence-electron chi connectivity index (χ1n) is 7.46. The maximum absolute atomic E-state index is 11.5. The Morgan fingerprint density at radius 1 is 1.33 bits per heavy atom. The van der Waals surface area contributed by atoms with Gasteiger partial charge in [-0.05, 0) is 29.4 Å². The molecule has 0 radical (unpaired) electrons. The first kappa shape index (κ1) is 15.3. The number of nitriles is 1. The highest BCUT2D eigenvalue weighted by atomic mass is 16.1. The molecule has 2 rings (SSSR count). The van der Waals surface area contributed by atoms with Crippen LogP contribution in [-0.4, -0.2) is 11.9 Å². The molecule has 0 aromatic heterocycles. The van der Waals surface area contributed by atoms with Crippen LogP contribution < -0.4 is 5.32 Å². The van der Waals surface area contributed by atoms with E-state index >= 15 is 0 Å². The predicted octanol–water partition coefficient (Wildman–Crippen LogP) is 3.39. The van der Waals surface area contributed by atoms with Crippen molar-refractivity contribution in [1.82, 2.24) is 5.32 Å². The van der Waals surface area contributed by atoms with E-state index in [1.807, 2.05) is 30.3 Å². The van der Waals surface area contributed by atoms with Gasteiger partial charge in [-0.3, -0.25) is 4.79 Å². The Morgan fingerprint density at radius 2 is 2.00 bits per heavy atom. The van der Waals surface area contributed by atoms with Crippen molar-refractivity contribution < 1.29 is 4.79 Å². The minimum Gasteiger partial charge on any atom is -0.348 e. The zero-order valence-electron chi connectivity index (χ0n) is 12.8. The lowest BCUT2D eigenvalue weighted by Crippen LogP contribution is -2.43. The fraction of sp³-hybridized carbons (Fsp3) is 0.444. The number of nitrogens with one attached hydrogen (secondary N) is 1. The Labute approximate surface area is 126 Å². The summed E-state index contributed by atoms with van der Waals surface area (Å²) in [4.78, 5) is 11.5. The molecule has 1 aliphatic carbocycles. The third-order valence-electron chi connectivity index (χ3n) is 4.15. The van der Waals surface area contributed by atoms with Gasteiger partial charge in [0.05, 0.1) is 18.0 Å². The van der Waals surface area contributed by atoms with Crippen molar-refractivity contribution in [3.8, 4) is 6.07 Å². The van der Waals surface area contributed by atoms with Gasteiger partial charge in [-0.15, -0.1) is 0 Å². The van der Waals surface area contributed by atoms with Crippen LogP contribution in [0.2, 0.25) is 0 Å². The third-order valence-corrected chi connectivity index (χ3v) is 4.15. The summed E-state index contributed by atoms with van der Waals surface area (Å²) in [6.07, 6.45) is 3.05. The Bertz CT molecular complexity index is 569. The van der Waals surface area contributed by atoms with Crippen molar-refractivity contribution in [3.63, 3.8) is 0 Å². The summed E-state index contributed by atoms with van der Waals surface area (Å²) >= 11 is 0. The van der Waals surface area contributed by atoms with E-state index in [4.69, 9.17) is 0 Å². The zero-order chi connectivity index (χ0) is 15.4. The molecule has 21 heavy (non-hydrogen) atoms. The number of rotatable bonds is 3. The normalized spacial score (nSPS) is 25.1. The van der Waals surface area contributed by atoms with Crippen LogP contribution in [0.25, 0.3) is 5.57 Å². The maximum atomic E-state index is 11.5. The smallest absolute Gasteiger partial charge is 0.217 e. The van der Waals surface area contributed by atoms with Crippen LogP contribution in [0, 0.1) is 29.1 Å². The van der Waals surface area contributed by atoms with Crippen molar-refractivity contribution in [3.05, 3.63) is 42.0 Å². The van der Waals surface area contributed by atoms with Crippen LogP contribution in [0.4, 0.5) is 0 Å². The monoisotopic (exact) mass is 282 g/mol. The van der Waals surface area contributed by atoms with Gasteiger partial charge < -0.3 is 5.32 Å². The van der Waals surface area contributed by atoms with Crippen LogP contribution in [0.3, 0.4) is 0 Å². The van der Waals surface area contributed by atoms with E-state index in [-0.39, 0.29) is 17.9 Å². The van der Waals surface area contributed by atoms with Gasteiger partial charge in [0, 0.05) is 6.92 Å². The van der Waals surface area contributed by atoms with E-state index in [1.54, 1.807) is 0 Å². The Kier molecular flexibility index (Phi) is 4.80. The summed E-state index contributed by atoms with van der Waals surface area (Å²) in [5.74, 6) is 0.583. The molecule has 0 unspecified atom stereocenters. The number of allylic oxidation sites excluding steroid dienone is 1. The second-order valence-electron chi connectivity index (χ2n) is 6.05. The molecule has 0 saturated heterocycles. The Hall–Kier alpha value is -2.08. The number of nitrogens with zero attached hydrogens (tertiary/aromatic N) is 1. The number of hydrogen-bond acceptors (Lipinski definition) is 2. The number of carbonyl (C=O) groups excluding carboxylic acids is 1. The molecule has 1 aliphatic rings. The van der Waals surface area contributed by atoms with Gasteiger partial charge in [0.25, 0.3) is 0 Å². The highest BCUT2D eigenvalue weighted by molar-refractivity contribution is 5.79. The van der Waals surface area contributed by atoms with Crippen LogP contribution in [0.1, 0.15) is 32.8 Å². The van der Waals surface area contributed by atoms with Crippen LogP contribution in [-0.2, 0) is 4.79 Å². The maximum Gasteiger partial charge on any atom is 0.217 e. The number of amides is 1. The summed E-state index contributed by atoms with van der Waals surface area (Å²) < 4.78 is 0. The first-order chi connectivity index (χ1) is 10.0. The molecule has 3 heteroatoms. The molecule has 3 nitrogen and oxygen atoms in total. The molecule has 3 atom stereocenters. The Morgan fingerprint density at radius 3 is 2.52 bits per heavy atom. The molecule has 1 N–H and O–H groups in total. The van der Waals surface area contributed by atoms with E-state index in [1.165, 1.54) is 6.92 Å². The SMILES string of the molecule is CC(=O)N[C@@H]1C(c2ccccc2)=C[C@H](C(C)C)C[C@@H]1C#N. The second-order valence-corrected chi connectivity index (χ2v) is 6.05. The average Bonchev–Trinajstić information content (AvgIpc) is 2.47. The highest BCUT2D eigenvalue weighted by Crippen LogP contribution is 2.37. The minimum absolute atomic E-state index is 0.0925. The van der Waals surface area contributed by atoms with Crippen molar-refractivity contribution in [2.24, 2.45) is 17.8 Å². The average molecular weight is 282 g/mol. The van der Waals surface area contributed by atoms with Crippen molar-refractivity contribution >= 4 is 11.5 Å². The summed E-state index contributed by atoms with van der Waals surface area (Å²) in [7, 11) is 0. The summed E-state index contributed by atoms with van der Waals surface area (Å²) in [5, 5.41) is 12.5. The van der Waals surface area contributed by atoms with Crippen molar-refractivity contribution in [2.45, 2.75) is 33.2 Å². The van der Waals surface area contributed by atoms with Gasteiger partial charge in [0.15, 0.2) is 0 Å². The summed E-state index contributed by atoms with van der Waals surface area (Å²) in [6.45, 7) is 5.86. The lowest BCUT2D eigenvalue weighted by Gasteiger charge is -2.35. The third kappa shape index (κ3) is 3.52. The molecule has 0 saturated carbocycles. The summed E-state index contributed by atoms with van der Waals surface area (Å²) in [6, 6.07) is 12.2. The van der Waals surface area contributed by atoms with Crippen LogP contribution in [0.15, 0.2) is 36.4 Å². The number of carbonyl (C=O) groups is 1. The topological polar surface area (TPSA) is 52.9 Å². The van der Waals surface area contributed by atoms with Gasteiger partial charge in [0.2, 0.25) is 5.91 Å². The quantitative estimate of drug-likeness (QED) is 0.924. The Balaban J connectivity index is 2.46. The minimum atomic E-state index is -0.218. The van der Waals surface area contributed by atoms with Gasteiger partial charge in [-0.1, -0.05) is 50.3 Å². The van der Waals surface area contributed by atoms with E-state index in [0.717, 1.165) is 17.6 Å². The van der Waals surface area contributed by atoms with E-state index in [9.17, 15) is 10.1 Å². The fourth-order valence-corrected chi connectivity index (χ4v) is 2.94. The van der Waals surface area contributed by atoms with E-state index in [2.05, 4.69) is 31.3 Å². The van der Waals surface area contributed by atoms with Gasteiger partial charge >= 0.3 is 0 Å². The number of hydrogen-bond donors (Lipinski definition) is 1. The predicted molar refractivity (Wildman–Crippen MR) is 84.1 cm³/mol. The molecule has 0 spiro atoms. The van der Waals surface area contributed by atoms with Gasteiger partial charge in [-0.25, -0.2) is 0 Å². The second kappa shape index (κ2) is 6.58. The molecule has 0 fully saturated rings. The molecule has 110 valence electrons. The molecule has 1 amide bonds. The fourth-order valence-electron chi connectivity index (χ4n) is 2.94. The van der Waals surface area contributed by atoms with E-state index < -0.39 is 0 Å². The molecular weight excluding hydrogens is 260 g/mol. The molecule has 0 aliphatic heterocycles. The van der Waals surface area contributed by atoms with Gasteiger partial charge in [-0.2, -0.15) is 5.26 Å². The number of benzene rings is 1. The van der Waals surface area contributed by atoms with E-state index in [0.29, 0.717) is 11.8 Å². The summed E-state index contributed by atoms with van der Waals surface area (Å²) in [5.41, 5.74) is 2.16. The lowest BCUT2D eigenvalue weighted by atomic mass is 9.73. The standard InChI is InChI=1S/C18H22N2O/c1-12(2)15-9-16(11-19)18(20-13(3)21)17(10-15)14-7-5-4-6-8-14/h4-8,10,12,15-16,18H,9H2,1-3H3,(H,20,21)/t15-,16-,18+/m1/s1. The van der Waals surface area contributed by atoms with Crippen molar-refractivity contribution in [2.75, 3.05) is 0 Å². The molecular formula is C18H22N2O. The molecule has 1 aromatic rings. The molecule has 1 aromatic carbocycles. The largest absolute Gasteiger partial charge is 0.348 e. The van der Waals surface area contributed by atoms with Crippen molar-refractivity contribution in [1.29, 1.82) is 5.26 Å². The first-order valence-corrected chi connectivity index (χ1v) is 7.46. The zero-order valence-corrected chi connectivity index (χ0v) is 12.8. The van der Waals surface area contributed by atoms with Gasteiger partial charge in [0.1, 0.15) is 0 Å². The molecule has 0 heterocycles. The van der Waals surface area contributed by atoms with Crippen LogP contribution >= 0.6 is 0 Å². The lowest BCUT2D eigenvalue weighted by molar-refractivity contribution is -0.119. The van der Waals surface area contributed by atoms with Crippen LogP contribution in [0.5, 0.6) is 0 Å².